The lowest BCUT2D eigenvalue weighted by molar-refractivity contribution is -0.140. The maximum Gasteiger partial charge on any atom is 0.244 e. The molecule has 0 aromatic heterocycles. The molecular weight excluding hydrogens is 522 g/mol. The molecular formula is C24H32BrN3O5S. The fourth-order valence-corrected chi connectivity index (χ4v) is 4.59. The number of nitrogens with one attached hydrogen (secondary N) is 1. The second-order valence-corrected chi connectivity index (χ2v) is 10.7. The van der Waals surface area contributed by atoms with Crippen molar-refractivity contribution >= 4 is 43.5 Å². The summed E-state index contributed by atoms with van der Waals surface area (Å²) in [4.78, 5) is 27.9. The maximum atomic E-state index is 13.6. The van der Waals surface area contributed by atoms with Crippen molar-refractivity contribution in [1.29, 1.82) is 0 Å². The second kappa shape index (κ2) is 12.8. The number of rotatable bonds is 12. The molecule has 2 aromatic carbocycles. The van der Waals surface area contributed by atoms with Gasteiger partial charge in [0.2, 0.25) is 21.8 Å². The van der Waals surface area contributed by atoms with Gasteiger partial charge in [0.15, 0.2) is 0 Å². The van der Waals surface area contributed by atoms with Crippen LogP contribution in [0.1, 0.15) is 32.3 Å². The first-order valence-corrected chi connectivity index (χ1v) is 13.7. The molecule has 0 spiro atoms. The Bertz CT molecular complexity index is 1080. The zero-order chi connectivity index (χ0) is 25.3. The van der Waals surface area contributed by atoms with Crippen molar-refractivity contribution in [3.8, 4) is 5.75 Å². The molecule has 8 nitrogen and oxygen atoms in total. The van der Waals surface area contributed by atoms with Crippen LogP contribution in [0.25, 0.3) is 0 Å². The van der Waals surface area contributed by atoms with Crippen molar-refractivity contribution in [3.63, 3.8) is 0 Å². The molecule has 0 aliphatic rings. The summed E-state index contributed by atoms with van der Waals surface area (Å²) in [6.45, 7) is 3.96. The summed E-state index contributed by atoms with van der Waals surface area (Å²) >= 11 is 3.34. The Hall–Kier alpha value is -2.59. The Kier molecular flexibility index (Phi) is 10.4. The van der Waals surface area contributed by atoms with Crippen molar-refractivity contribution in [2.75, 3.05) is 30.8 Å². The highest BCUT2D eigenvalue weighted by Crippen LogP contribution is 2.22. The lowest BCUT2D eigenvalue weighted by atomic mass is 10.1. The van der Waals surface area contributed by atoms with Crippen LogP contribution in [0.5, 0.6) is 5.75 Å². The second-order valence-electron chi connectivity index (χ2n) is 7.83. The molecule has 1 unspecified atom stereocenters. The molecule has 0 heterocycles. The summed E-state index contributed by atoms with van der Waals surface area (Å²) in [5.74, 6) is -0.120. The summed E-state index contributed by atoms with van der Waals surface area (Å²) in [6.07, 6.45) is 2.19. The number of carbonyl (C=O) groups excluding carboxylic acids is 2. The number of benzene rings is 2. The smallest absolute Gasteiger partial charge is 0.244 e. The molecule has 2 amide bonds. The zero-order valence-corrected chi connectivity index (χ0v) is 22.4. The van der Waals surface area contributed by atoms with Crippen LogP contribution in [0.3, 0.4) is 0 Å². The molecule has 0 saturated carbocycles. The van der Waals surface area contributed by atoms with Crippen LogP contribution in [0, 0.1) is 0 Å². The van der Waals surface area contributed by atoms with E-state index in [1.165, 1.54) is 4.90 Å². The summed E-state index contributed by atoms with van der Waals surface area (Å²) < 4.78 is 32.3. The van der Waals surface area contributed by atoms with Crippen LogP contribution < -0.4 is 14.4 Å². The van der Waals surface area contributed by atoms with E-state index in [0.29, 0.717) is 24.4 Å². The molecule has 0 bridgehead atoms. The molecule has 0 aliphatic carbocycles. The zero-order valence-electron chi connectivity index (χ0n) is 20.0. The van der Waals surface area contributed by atoms with Gasteiger partial charge in [0.1, 0.15) is 18.3 Å². The molecule has 0 aliphatic heterocycles. The molecule has 10 heteroatoms. The van der Waals surface area contributed by atoms with E-state index in [1.54, 1.807) is 49.6 Å². The SMILES string of the molecule is CCCNC(=O)C(CC)N(Cc1cccc(OC)c1)C(=O)CN(c1ccc(Br)cc1)S(C)(=O)=O. The topological polar surface area (TPSA) is 96.0 Å². The van der Waals surface area contributed by atoms with Crippen molar-refractivity contribution in [2.45, 2.75) is 39.3 Å². The number of ether oxygens (including phenoxy) is 1. The van der Waals surface area contributed by atoms with Crippen LogP contribution in [-0.2, 0) is 26.2 Å². The van der Waals surface area contributed by atoms with Gasteiger partial charge in [-0.2, -0.15) is 0 Å². The van der Waals surface area contributed by atoms with Gasteiger partial charge in [-0.1, -0.05) is 41.9 Å². The summed E-state index contributed by atoms with van der Waals surface area (Å²) in [5.41, 5.74) is 1.13. The van der Waals surface area contributed by atoms with Crippen molar-refractivity contribution in [1.82, 2.24) is 10.2 Å². The molecule has 186 valence electrons. The number of amides is 2. The highest BCUT2D eigenvalue weighted by Gasteiger charge is 2.31. The van der Waals surface area contributed by atoms with Crippen molar-refractivity contribution in [2.24, 2.45) is 0 Å². The van der Waals surface area contributed by atoms with E-state index in [9.17, 15) is 18.0 Å². The average Bonchev–Trinajstić information content (AvgIpc) is 2.81. The largest absolute Gasteiger partial charge is 0.497 e. The Morgan fingerprint density at radius 3 is 2.35 bits per heavy atom. The minimum Gasteiger partial charge on any atom is -0.497 e. The Labute approximate surface area is 210 Å². The number of hydrogen-bond donors (Lipinski definition) is 1. The van der Waals surface area contributed by atoms with Gasteiger partial charge in [-0.15, -0.1) is 0 Å². The standard InChI is InChI=1S/C24H32BrN3O5S/c1-5-14-26-24(30)22(6-2)27(16-18-8-7-9-21(15-18)33-3)23(29)17-28(34(4,31)32)20-12-10-19(25)11-13-20/h7-13,15,22H,5-6,14,16-17H2,1-4H3,(H,26,30). The van der Waals surface area contributed by atoms with Crippen LogP contribution >= 0.6 is 15.9 Å². The van der Waals surface area contributed by atoms with Crippen molar-refractivity contribution < 1.29 is 22.7 Å². The third-order valence-corrected chi connectivity index (χ3v) is 6.89. The van der Waals surface area contributed by atoms with Gasteiger partial charge in [-0.25, -0.2) is 8.42 Å². The van der Waals surface area contributed by atoms with E-state index >= 15 is 0 Å². The first-order chi connectivity index (χ1) is 16.1. The predicted octanol–water partition coefficient (Wildman–Crippen LogP) is 3.56. The Morgan fingerprint density at radius 2 is 1.79 bits per heavy atom. The fourth-order valence-electron chi connectivity index (χ4n) is 3.47. The van der Waals surface area contributed by atoms with E-state index < -0.39 is 28.5 Å². The number of methoxy groups -OCH3 is 1. The van der Waals surface area contributed by atoms with Gasteiger partial charge in [-0.05, 0) is 54.8 Å². The quantitative estimate of drug-likeness (QED) is 0.433. The lowest BCUT2D eigenvalue weighted by Gasteiger charge is -2.33. The van der Waals surface area contributed by atoms with E-state index in [-0.39, 0.29) is 12.5 Å². The fraction of sp³-hybridized carbons (Fsp3) is 0.417. The molecule has 0 fully saturated rings. The van der Waals surface area contributed by atoms with Gasteiger partial charge < -0.3 is 15.0 Å². The number of nitrogens with zero attached hydrogens (tertiary/aromatic N) is 2. The van der Waals surface area contributed by atoms with Gasteiger partial charge in [0.05, 0.1) is 19.1 Å². The van der Waals surface area contributed by atoms with Crippen molar-refractivity contribution in [3.05, 3.63) is 58.6 Å². The number of sulfonamides is 1. The highest BCUT2D eigenvalue weighted by atomic mass is 79.9. The lowest BCUT2D eigenvalue weighted by Crippen LogP contribution is -2.52. The third-order valence-electron chi connectivity index (χ3n) is 5.22. The number of halogens is 1. The average molecular weight is 555 g/mol. The molecule has 1 N–H and O–H groups in total. The monoisotopic (exact) mass is 553 g/mol. The minimum atomic E-state index is -3.76. The molecule has 34 heavy (non-hydrogen) atoms. The van der Waals surface area contributed by atoms with Crippen LogP contribution in [0.4, 0.5) is 5.69 Å². The Balaban J connectivity index is 2.42. The van der Waals surface area contributed by atoms with Gasteiger partial charge in [0.25, 0.3) is 0 Å². The highest BCUT2D eigenvalue weighted by molar-refractivity contribution is 9.10. The van der Waals surface area contributed by atoms with Gasteiger partial charge in [0, 0.05) is 17.6 Å². The maximum absolute atomic E-state index is 13.6. The predicted molar refractivity (Wildman–Crippen MR) is 137 cm³/mol. The van der Waals surface area contributed by atoms with Crippen LogP contribution in [-0.4, -0.2) is 57.6 Å². The van der Waals surface area contributed by atoms with Gasteiger partial charge >= 0.3 is 0 Å². The van der Waals surface area contributed by atoms with E-state index in [4.69, 9.17) is 4.74 Å². The van der Waals surface area contributed by atoms with Crippen LogP contribution in [0.15, 0.2) is 53.0 Å². The number of carbonyl (C=O) groups is 2. The Morgan fingerprint density at radius 1 is 1.12 bits per heavy atom. The summed E-state index contributed by atoms with van der Waals surface area (Å²) in [5, 5.41) is 2.85. The molecule has 1 atom stereocenters. The summed E-state index contributed by atoms with van der Waals surface area (Å²) in [6, 6.07) is 13.1. The molecule has 0 radical (unpaired) electrons. The minimum absolute atomic E-state index is 0.131. The van der Waals surface area contributed by atoms with Gasteiger partial charge in [-0.3, -0.25) is 13.9 Å². The van der Waals surface area contributed by atoms with Crippen LogP contribution in [0.2, 0.25) is 0 Å². The van der Waals surface area contributed by atoms with E-state index in [1.807, 2.05) is 19.9 Å². The first-order valence-electron chi connectivity index (χ1n) is 11.0. The molecule has 0 saturated heterocycles. The summed E-state index contributed by atoms with van der Waals surface area (Å²) in [7, 11) is -2.21. The van der Waals surface area contributed by atoms with E-state index in [0.717, 1.165) is 27.0 Å². The molecule has 2 aromatic rings. The normalized spacial score (nSPS) is 12.0. The third kappa shape index (κ3) is 7.73. The molecule has 2 rings (SSSR count). The van der Waals surface area contributed by atoms with E-state index in [2.05, 4.69) is 21.2 Å². The number of anilines is 1. The number of hydrogen-bond acceptors (Lipinski definition) is 5. The first kappa shape index (κ1) is 27.7.